The van der Waals surface area contributed by atoms with E-state index in [0.717, 1.165) is 25.2 Å². The van der Waals surface area contributed by atoms with E-state index in [4.69, 9.17) is 5.10 Å². The molecule has 1 N–H and O–H groups in total. The highest BCUT2D eigenvalue weighted by atomic mass is 15.4. The zero-order chi connectivity index (χ0) is 13.4. The third-order valence-corrected chi connectivity index (χ3v) is 4.08. The molecule has 100 valence electrons. The van der Waals surface area contributed by atoms with Crippen molar-refractivity contribution in [3.8, 4) is 0 Å². The van der Waals surface area contributed by atoms with Gasteiger partial charge in [0.2, 0.25) is 0 Å². The monoisotopic (exact) mass is 255 g/mol. The SMILES string of the molecule is CCc1cc2n(n1)C(c1ccc(C)c(C)c1)CCN2. The molecule has 0 fully saturated rings. The van der Waals surface area contributed by atoms with Crippen molar-refractivity contribution >= 4 is 5.82 Å². The summed E-state index contributed by atoms with van der Waals surface area (Å²) in [6, 6.07) is 9.32. The van der Waals surface area contributed by atoms with Crippen molar-refractivity contribution in [2.75, 3.05) is 11.9 Å². The molecule has 0 radical (unpaired) electrons. The van der Waals surface area contributed by atoms with Crippen molar-refractivity contribution in [1.82, 2.24) is 9.78 Å². The topological polar surface area (TPSA) is 29.9 Å². The number of benzene rings is 1. The van der Waals surface area contributed by atoms with Gasteiger partial charge in [0.15, 0.2) is 0 Å². The van der Waals surface area contributed by atoms with Crippen LogP contribution in [0.3, 0.4) is 0 Å². The normalized spacial score (nSPS) is 17.9. The Morgan fingerprint density at radius 3 is 2.84 bits per heavy atom. The molecule has 0 saturated carbocycles. The number of fused-ring (bicyclic) bond motifs is 1. The van der Waals surface area contributed by atoms with Gasteiger partial charge in [-0.15, -0.1) is 0 Å². The molecular weight excluding hydrogens is 234 g/mol. The minimum Gasteiger partial charge on any atom is -0.370 e. The van der Waals surface area contributed by atoms with Crippen LogP contribution in [-0.4, -0.2) is 16.3 Å². The van der Waals surface area contributed by atoms with E-state index in [9.17, 15) is 0 Å². The molecule has 2 heterocycles. The van der Waals surface area contributed by atoms with E-state index < -0.39 is 0 Å². The van der Waals surface area contributed by atoms with E-state index in [-0.39, 0.29) is 0 Å². The summed E-state index contributed by atoms with van der Waals surface area (Å²) in [4.78, 5) is 0. The fourth-order valence-electron chi connectivity index (χ4n) is 2.73. The first-order chi connectivity index (χ1) is 9.19. The van der Waals surface area contributed by atoms with Crippen LogP contribution < -0.4 is 5.32 Å². The molecule has 1 aliphatic rings. The number of rotatable bonds is 2. The molecule has 0 aliphatic carbocycles. The second-order valence-corrected chi connectivity index (χ2v) is 5.39. The van der Waals surface area contributed by atoms with Crippen LogP contribution in [0.2, 0.25) is 0 Å². The highest BCUT2D eigenvalue weighted by Gasteiger charge is 2.22. The molecule has 1 atom stereocenters. The number of anilines is 1. The molecule has 1 aliphatic heterocycles. The largest absolute Gasteiger partial charge is 0.370 e. The highest BCUT2D eigenvalue weighted by molar-refractivity contribution is 5.42. The smallest absolute Gasteiger partial charge is 0.125 e. The van der Waals surface area contributed by atoms with Gasteiger partial charge in [-0.2, -0.15) is 5.10 Å². The van der Waals surface area contributed by atoms with Gasteiger partial charge in [-0.05, 0) is 43.4 Å². The third-order valence-electron chi connectivity index (χ3n) is 4.08. The third kappa shape index (κ3) is 2.14. The maximum Gasteiger partial charge on any atom is 0.125 e. The molecule has 3 heteroatoms. The number of aromatic nitrogens is 2. The Balaban J connectivity index is 2.02. The van der Waals surface area contributed by atoms with Gasteiger partial charge in [-0.1, -0.05) is 25.1 Å². The summed E-state index contributed by atoms with van der Waals surface area (Å²) in [5.74, 6) is 1.16. The molecule has 3 nitrogen and oxygen atoms in total. The predicted molar refractivity (Wildman–Crippen MR) is 78.8 cm³/mol. The molecule has 0 bridgehead atoms. The number of nitrogens with one attached hydrogen (secondary N) is 1. The standard InChI is InChI=1S/C16H21N3/c1-4-14-10-16-17-8-7-15(19(16)18-14)13-6-5-11(2)12(3)9-13/h5-6,9-10,15,17H,4,7-8H2,1-3H3. The van der Waals surface area contributed by atoms with Gasteiger partial charge in [-0.3, -0.25) is 0 Å². The Labute approximate surface area is 114 Å². The van der Waals surface area contributed by atoms with Gasteiger partial charge < -0.3 is 5.32 Å². The minimum absolute atomic E-state index is 0.371. The lowest BCUT2D eigenvalue weighted by Gasteiger charge is -2.26. The van der Waals surface area contributed by atoms with Crippen LogP contribution in [0.5, 0.6) is 0 Å². The van der Waals surface area contributed by atoms with Crippen LogP contribution >= 0.6 is 0 Å². The van der Waals surface area contributed by atoms with E-state index >= 15 is 0 Å². The molecule has 0 spiro atoms. The summed E-state index contributed by atoms with van der Waals surface area (Å²) in [5, 5.41) is 8.18. The zero-order valence-electron chi connectivity index (χ0n) is 11.9. The predicted octanol–water partition coefficient (Wildman–Crippen LogP) is 3.47. The van der Waals surface area contributed by atoms with Crippen molar-refractivity contribution < 1.29 is 0 Å². The Kier molecular flexibility index (Phi) is 3.05. The molecule has 0 amide bonds. The lowest BCUT2D eigenvalue weighted by molar-refractivity contribution is 0.478. The first-order valence-electron chi connectivity index (χ1n) is 7.08. The molecule has 1 aromatic carbocycles. The van der Waals surface area contributed by atoms with Crippen molar-refractivity contribution in [3.05, 3.63) is 46.6 Å². The molecule has 19 heavy (non-hydrogen) atoms. The van der Waals surface area contributed by atoms with Crippen LogP contribution in [0.15, 0.2) is 24.3 Å². The lowest BCUT2D eigenvalue weighted by Crippen LogP contribution is -2.24. The minimum atomic E-state index is 0.371. The van der Waals surface area contributed by atoms with Crippen molar-refractivity contribution in [2.24, 2.45) is 0 Å². The molecule has 1 unspecified atom stereocenters. The Hall–Kier alpha value is -1.77. The maximum absolute atomic E-state index is 4.73. The zero-order valence-corrected chi connectivity index (χ0v) is 11.9. The summed E-state index contributed by atoms with van der Waals surface area (Å²) < 4.78 is 2.16. The first-order valence-corrected chi connectivity index (χ1v) is 7.08. The van der Waals surface area contributed by atoms with Crippen LogP contribution in [0.25, 0.3) is 0 Å². The number of nitrogens with zero attached hydrogens (tertiary/aromatic N) is 2. The van der Waals surface area contributed by atoms with Crippen molar-refractivity contribution in [1.29, 1.82) is 0 Å². The number of aryl methyl sites for hydroxylation is 3. The summed E-state index contributed by atoms with van der Waals surface area (Å²) in [7, 11) is 0. The molecule has 3 rings (SSSR count). The quantitative estimate of drug-likeness (QED) is 0.890. The first kappa shape index (κ1) is 12.3. The van der Waals surface area contributed by atoms with E-state index in [0.29, 0.717) is 6.04 Å². The van der Waals surface area contributed by atoms with E-state index in [1.165, 1.54) is 22.4 Å². The molecular formula is C16H21N3. The molecule has 0 saturated heterocycles. The summed E-state index contributed by atoms with van der Waals surface area (Å²) in [6.07, 6.45) is 2.08. The average molecular weight is 255 g/mol. The second-order valence-electron chi connectivity index (χ2n) is 5.39. The summed E-state index contributed by atoms with van der Waals surface area (Å²) in [5.41, 5.74) is 5.25. The van der Waals surface area contributed by atoms with Gasteiger partial charge in [0.05, 0.1) is 11.7 Å². The fraction of sp³-hybridized carbons (Fsp3) is 0.438. The number of hydrogen-bond acceptors (Lipinski definition) is 2. The van der Waals surface area contributed by atoms with Gasteiger partial charge in [0.1, 0.15) is 5.82 Å². The highest BCUT2D eigenvalue weighted by Crippen LogP contribution is 2.30. The van der Waals surface area contributed by atoms with Crippen molar-refractivity contribution in [3.63, 3.8) is 0 Å². The Bertz CT molecular complexity index is 598. The molecule has 1 aromatic heterocycles. The average Bonchev–Trinajstić information content (AvgIpc) is 2.85. The van der Waals surface area contributed by atoms with Crippen molar-refractivity contribution in [2.45, 2.75) is 39.7 Å². The van der Waals surface area contributed by atoms with Crippen LogP contribution in [0.4, 0.5) is 5.82 Å². The Morgan fingerprint density at radius 2 is 2.11 bits per heavy atom. The van der Waals surface area contributed by atoms with Crippen LogP contribution in [-0.2, 0) is 6.42 Å². The van der Waals surface area contributed by atoms with Gasteiger partial charge in [0, 0.05) is 12.6 Å². The Morgan fingerprint density at radius 1 is 1.26 bits per heavy atom. The van der Waals surface area contributed by atoms with Crippen LogP contribution in [0, 0.1) is 13.8 Å². The van der Waals surface area contributed by atoms with E-state index in [1.807, 2.05) is 0 Å². The second kappa shape index (κ2) is 4.72. The van der Waals surface area contributed by atoms with Gasteiger partial charge in [0.25, 0.3) is 0 Å². The fourth-order valence-corrected chi connectivity index (χ4v) is 2.73. The molecule has 2 aromatic rings. The van der Waals surface area contributed by atoms with E-state index in [2.05, 4.69) is 55.0 Å². The van der Waals surface area contributed by atoms with Gasteiger partial charge in [-0.25, -0.2) is 4.68 Å². The summed E-state index contributed by atoms with van der Waals surface area (Å²) >= 11 is 0. The van der Waals surface area contributed by atoms with Gasteiger partial charge >= 0.3 is 0 Å². The number of hydrogen-bond donors (Lipinski definition) is 1. The maximum atomic E-state index is 4.73. The van der Waals surface area contributed by atoms with Crippen LogP contribution in [0.1, 0.15) is 41.8 Å². The lowest BCUT2D eigenvalue weighted by atomic mass is 9.98. The van der Waals surface area contributed by atoms with E-state index in [1.54, 1.807) is 0 Å². The summed E-state index contributed by atoms with van der Waals surface area (Å²) in [6.45, 7) is 7.52.